The van der Waals surface area contributed by atoms with E-state index >= 15 is 0 Å². The first-order chi connectivity index (χ1) is 13.5. The molecule has 0 saturated carbocycles. The van der Waals surface area contributed by atoms with Gasteiger partial charge in [-0.1, -0.05) is 31.0 Å². The van der Waals surface area contributed by atoms with E-state index in [9.17, 15) is 13.2 Å². The summed E-state index contributed by atoms with van der Waals surface area (Å²) in [4.78, 5) is 14.7. The van der Waals surface area contributed by atoms with Crippen LogP contribution < -0.4 is 14.9 Å². The lowest BCUT2D eigenvalue weighted by molar-refractivity contribution is -0.116. The van der Waals surface area contributed by atoms with Gasteiger partial charge in [-0.2, -0.15) is 0 Å². The van der Waals surface area contributed by atoms with Gasteiger partial charge in [-0.05, 0) is 49.2 Å². The van der Waals surface area contributed by atoms with Crippen LogP contribution in [-0.2, 0) is 14.8 Å². The molecule has 1 amide bonds. The molecule has 1 aliphatic heterocycles. The molecule has 1 saturated heterocycles. The van der Waals surface area contributed by atoms with Crippen molar-refractivity contribution in [1.82, 2.24) is 4.72 Å². The highest BCUT2D eigenvalue weighted by molar-refractivity contribution is 7.89. The van der Waals surface area contributed by atoms with Gasteiger partial charge in [-0.3, -0.25) is 4.79 Å². The Bertz CT molecular complexity index is 860. The lowest BCUT2D eigenvalue weighted by Gasteiger charge is -2.22. The maximum atomic E-state index is 12.1. The third kappa shape index (κ3) is 5.81. The minimum absolute atomic E-state index is 0.0505. The van der Waals surface area contributed by atoms with E-state index in [1.165, 1.54) is 43.5 Å². The molecule has 0 spiro atoms. The molecule has 0 atom stereocenters. The Morgan fingerprint density at radius 3 is 2.18 bits per heavy atom. The molecular formula is C21H27N3O3S. The molecule has 2 aromatic carbocycles. The first-order valence-electron chi connectivity index (χ1n) is 9.74. The molecule has 2 aromatic rings. The molecule has 0 unspecified atom stereocenters. The molecule has 0 radical (unpaired) electrons. The number of benzene rings is 2. The van der Waals surface area contributed by atoms with Crippen molar-refractivity contribution < 1.29 is 13.2 Å². The van der Waals surface area contributed by atoms with Crippen LogP contribution >= 0.6 is 0 Å². The second-order valence-electron chi connectivity index (χ2n) is 6.96. The third-order valence-electron chi connectivity index (χ3n) is 4.82. The smallest absolute Gasteiger partial charge is 0.240 e. The topological polar surface area (TPSA) is 78.5 Å². The Labute approximate surface area is 167 Å². The van der Waals surface area contributed by atoms with Gasteiger partial charge in [0, 0.05) is 37.4 Å². The summed E-state index contributed by atoms with van der Waals surface area (Å²) >= 11 is 0. The summed E-state index contributed by atoms with van der Waals surface area (Å²) in [5, 5.41) is 2.82. The summed E-state index contributed by atoms with van der Waals surface area (Å²) in [7, 11) is -3.59. The molecular weight excluding hydrogens is 374 g/mol. The quantitative estimate of drug-likeness (QED) is 0.746. The molecule has 2 N–H and O–H groups in total. The Morgan fingerprint density at radius 1 is 0.893 bits per heavy atom. The maximum Gasteiger partial charge on any atom is 0.240 e. The van der Waals surface area contributed by atoms with Crippen LogP contribution in [0.1, 0.15) is 32.1 Å². The first kappa shape index (κ1) is 20.4. The monoisotopic (exact) mass is 401 g/mol. The lowest BCUT2D eigenvalue weighted by atomic mass is 10.2. The number of nitrogens with one attached hydrogen (secondary N) is 2. The van der Waals surface area contributed by atoms with E-state index in [1.807, 2.05) is 24.3 Å². The van der Waals surface area contributed by atoms with Crippen molar-refractivity contribution in [1.29, 1.82) is 0 Å². The Morgan fingerprint density at radius 2 is 1.54 bits per heavy atom. The fourth-order valence-corrected chi connectivity index (χ4v) is 4.34. The lowest BCUT2D eigenvalue weighted by Crippen LogP contribution is -2.27. The molecule has 7 heteroatoms. The second-order valence-corrected chi connectivity index (χ2v) is 8.72. The van der Waals surface area contributed by atoms with E-state index in [-0.39, 0.29) is 23.8 Å². The predicted molar refractivity (Wildman–Crippen MR) is 112 cm³/mol. The SMILES string of the molecule is O=C(CCNS(=O)(=O)c1ccccc1)Nc1ccc(N2CCCCCC2)cc1. The van der Waals surface area contributed by atoms with E-state index in [2.05, 4.69) is 14.9 Å². The molecule has 1 fully saturated rings. The van der Waals surface area contributed by atoms with Crippen molar-refractivity contribution >= 4 is 27.3 Å². The molecule has 1 aliphatic rings. The minimum atomic E-state index is -3.59. The number of carbonyl (C=O) groups is 1. The van der Waals surface area contributed by atoms with Crippen LogP contribution in [0.15, 0.2) is 59.5 Å². The van der Waals surface area contributed by atoms with E-state index in [4.69, 9.17) is 0 Å². The van der Waals surface area contributed by atoms with E-state index in [0.717, 1.165) is 18.8 Å². The summed E-state index contributed by atoms with van der Waals surface area (Å²) in [5.74, 6) is -0.224. The van der Waals surface area contributed by atoms with Gasteiger partial charge in [0.25, 0.3) is 0 Å². The number of nitrogens with zero attached hydrogens (tertiary/aromatic N) is 1. The number of amides is 1. The molecule has 28 heavy (non-hydrogen) atoms. The number of sulfonamides is 1. The van der Waals surface area contributed by atoms with E-state index in [1.54, 1.807) is 18.2 Å². The van der Waals surface area contributed by atoms with Crippen LogP contribution in [0, 0.1) is 0 Å². The van der Waals surface area contributed by atoms with E-state index < -0.39 is 10.0 Å². The van der Waals surface area contributed by atoms with Gasteiger partial charge >= 0.3 is 0 Å². The normalized spacial score (nSPS) is 15.1. The van der Waals surface area contributed by atoms with Crippen molar-refractivity contribution in [2.75, 3.05) is 29.9 Å². The van der Waals surface area contributed by atoms with Crippen LogP contribution in [-0.4, -0.2) is 34.0 Å². The van der Waals surface area contributed by atoms with Crippen molar-refractivity contribution in [3.05, 3.63) is 54.6 Å². The average Bonchev–Trinajstić information content (AvgIpc) is 2.99. The van der Waals surface area contributed by atoms with Crippen molar-refractivity contribution in [2.45, 2.75) is 37.0 Å². The van der Waals surface area contributed by atoms with Gasteiger partial charge in [0.1, 0.15) is 0 Å². The Kier molecular flexibility index (Phi) is 7.06. The van der Waals surface area contributed by atoms with E-state index in [0.29, 0.717) is 0 Å². The number of hydrogen-bond donors (Lipinski definition) is 2. The number of hydrogen-bond acceptors (Lipinski definition) is 4. The van der Waals surface area contributed by atoms with Crippen LogP contribution in [0.25, 0.3) is 0 Å². The number of anilines is 2. The van der Waals surface area contributed by atoms with Gasteiger partial charge in [0.2, 0.25) is 15.9 Å². The number of carbonyl (C=O) groups excluding carboxylic acids is 1. The van der Waals surface area contributed by atoms with Crippen molar-refractivity contribution in [3.8, 4) is 0 Å². The van der Waals surface area contributed by atoms with Crippen molar-refractivity contribution in [2.24, 2.45) is 0 Å². The van der Waals surface area contributed by atoms with Gasteiger partial charge in [0.05, 0.1) is 4.90 Å². The molecule has 1 heterocycles. The largest absolute Gasteiger partial charge is 0.372 e. The highest BCUT2D eigenvalue weighted by Gasteiger charge is 2.14. The summed E-state index contributed by atoms with van der Waals surface area (Å²) in [6.07, 6.45) is 5.09. The summed E-state index contributed by atoms with van der Waals surface area (Å²) < 4.78 is 26.7. The summed E-state index contributed by atoms with van der Waals surface area (Å²) in [6.45, 7) is 2.20. The maximum absolute atomic E-state index is 12.1. The molecule has 150 valence electrons. The van der Waals surface area contributed by atoms with Crippen LogP contribution in [0.2, 0.25) is 0 Å². The summed E-state index contributed by atoms with van der Waals surface area (Å²) in [5.41, 5.74) is 1.89. The van der Waals surface area contributed by atoms with Gasteiger partial charge in [-0.15, -0.1) is 0 Å². The molecule has 3 rings (SSSR count). The Balaban J connectivity index is 1.47. The average molecular weight is 402 g/mol. The first-order valence-corrected chi connectivity index (χ1v) is 11.2. The van der Waals surface area contributed by atoms with Crippen molar-refractivity contribution in [3.63, 3.8) is 0 Å². The fourth-order valence-electron chi connectivity index (χ4n) is 3.29. The Hall–Kier alpha value is -2.38. The molecule has 6 nitrogen and oxygen atoms in total. The predicted octanol–water partition coefficient (Wildman–Crippen LogP) is 3.37. The fraction of sp³-hybridized carbons (Fsp3) is 0.381. The zero-order valence-electron chi connectivity index (χ0n) is 15.9. The molecule has 0 aromatic heterocycles. The highest BCUT2D eigenvalue weighted by atomic mass is 32.2. The standard InChI is InChI=1S/C21H27N3O3S/c25-21(14-15-22-28(26,27)20-8-4-3-5-9-20)23-18-10-12-19(13-11-18)24-16-6-1-2-7-17-24/h3-5,8-13,22H,1-2,6-7,14-17H2,(H,23,25). The molecule has 0 aliphatic carbocycles. The van der Waals surface area contributed by atoms with Crippen LogP contribution in [0.4, 0.5) is 11.4 Å². The van der Waals surface area contributed by atoms with Gasteiger partial charge in [0.15, 0.2) is 0 Å². The zero-order chi connectivity index (χ0) is 19.8. The van der Waals surface area contributed by atoms with Crippen LogP contribution in [0.5, 0.6) is 0 Å². The molecule has 0 bridgehead atoms. The zero-order valence-corrected chi connectivity index (χ0v) is 16.7. The second kappa shape index (κ2) is 9.71. The van der Waals surface area contributed by atoms with Gasteiger partial charge in [-0.25, -0.2) is 13.1 Å². The highest BCUT2D eigenvalue weighted by Crippen LogP contribution is 2.21. The summed E-state index contributed by atoms with van der Waals surface area (Å²) in [6, 6.07) is 16.0. The number of rotatable bonds is 7. The van der Waals surface area contributed by atoms with Crippen LogP contribution in [0.3, 0.4) is 0 Å². The third-order valence-corrected chi connectivity index (χ3v) is 6.30. The minimum Gasteiger partial charge on any atom is -0.372 e. The van der Waals surface area contributed by atoms with Gasteiger partial charge < -0.3 is 10.2 Å².